The van der Waals surface area contributed by atoms with Crippen LogP contribution >= 0.6 is 0 Å². The van der Waals surface area contributed by atoms with Gasteiger partial charge in [0.05, 0.1) is 17.7 Å². The van der Waals surface area contributed by atoms with Crippen molar-refractivity contribution in [3.63, 3.8) is 0 Å². The van der Waals surface area contributed by atoms with Crippen molar-refractivity contribution in [1.29, 1.82) is 0 Å². The summed E-state index contributed by atoms with van der Waals surface area (Å²) in [5.41, 5.74) is 3.75. The summed E-state index contributed by atoms with van der Waals surface area (Å²) in [6, 6.07) is 4.63. The fraction of sp³-hybridized carbons (Fsp3) is 0.556. The molecule has 3 atom stereocenters. The number of nitrogens with one attached hydrogen (secondary N) is 1. The Kier molecular flexibility index (Phi) is 4.49. The predicted molar refractivity (Wildman–Crippen MR) is 93.6 cm³/mol. The Labute approximate surface area is 146 Å². The zero-order valence-electron chi connectivity index (χ0n) is 14.7. The second-order valence-corrected chi connectivity index (χ2v) is 7.15. The predicted octanol–water partition coefficient (Wildman–Crippen LogP) is 3.27. The minimum Gasteiger partial charge on any atom is -0.490 e. The second-order valence-electron chi connectivity index (χ2n) is 7.15. The van der Waals surface area contributed by atoms with Gasteiger partial charge < -0.3 is 4.74 Å². The van der Waals surface area contributed by atoms with Gasteiger partial charge in [-0.15, -0.1) is 0 Å². The molecule has 2 fully saturated rings. The Morgan fingerprint density at radius 2 is 2.20 bits per heavy atom. The highest BCUT2D eigenvalue weighted by Crippen LogP contribution is 2.66. The largest absolute Gasteiger partial charge is 0.490 e. The third kappa shape index (κ3) is 3.10. The van der Waals surface area contributed by atoms with Gasteiger partial charge in [-0.3, -0.25) is 14.9 Å². The quantitative estimate of drug-likeness (QED) is 0.503. The number of nitrogens with zero attached hydrogens (tertiary/aromatic N) is 2. The van der Waals surface area contributed by atoms with E-state index in [4.69, 9.17) is 4.74 Å². The number of nitro groups is 1. The van der Waals surface area contributed by atoms with Gasteiger partial charge in [-0.05, 0) is 43.2 Å². The Morgan fingerprint density at radius 3 is 2.80 bits per heavy atom. The number of nitro benzene ring substituents is 1. The first kappa shape index (κ1) is 17.4. The van der Waals surface area contributed by atoms with E-state index in [1.807, 2.05) is 0 Å². The molecule has 2 aliphatic carbocycles. The van der Waals surface area contributed by atoms with Gasteiger partial charge in [0, 0.05) is 17.5 Å². The Balaban J connectivity index is 1.71. The molecule has 3 unspecified atom stereocenters. The van der Waals surface area contributed by atoms with Crippen molar-refractivity contribution in [3.05, 3.63) is 33.9 Å². The summed E-state index contributed by atoms with van der Waals surface area (Å²) in [6.45, 7) is 3.90. The van der Waals surface area contributed by atoms with Crippen molar-refractivity contribution in [2.24, 2.45) is 22.4 Å². The normalized spacial score (nSPS) is 28.0. The molecule has 0 aliphatic heterocycles. The molecule has 1 aromatic carbocycles. The van der Waals surface area contributed by atoms with E-state index in [-0.39, 0.29) is 28.7 Å². The summed E-state index contributed by atoms with van der Waals surface area (Å²) in [7, 11) is 1.39. The lowest BCUT2D eigenvalue weighted by Gasteiger charge is -2.15. The third-order valence-corrected chi connectivity index (χ3v) is 5.74. The molecule has 0 saturated heterocycles. The van der Waals surface area contributed by atoms with Gasteiger partial charge in [0.2, 0.25) is 5.91 Å². The van der Waals surface area contributed by atoms with E-state index in [9.17, 15) is 14.9 Å². The first-order valence-electron chi connectivity index (χ1n) is 8.55. The number of carbonyl (C=O) groups is 1. The van der Waals surface area contributed by atoms with Gasteiger partial charge in [0.1, 0.15) is 0 Å². The summed E-state index contributed by atoms with van der Waals surface area (Å²) in [6.07, 6.45) is 4.60. The van der Waals surface area contributed by atoms with Gasteiger partial charge in [0.15, 0.2) is 5.75 Å². The van der Waals surface area contributed by atoms with E-state index in [2.05, 4.69) is 17.5 Å². The van der Waals surface area contributed by atoms with Crippen LogP contribution in [-0.4, -0.2) is 23.7 Å². The Hall–Kier alpha value is -2.44. The minimum atomic E-state index is -0.496. The van der Waals surface area contributed by atoms with Crippen LogP contribution < -0.4 is 10.2 Å². The molecule has 1 amide bonds. The number of hydrazone groups is 1. The average Bonchev–Trinajstić information content (AvgIpc) is 3.24. The second kappa shape index (κ2) is 6.46. The molecular formula is C18H23N3O4. The van der Waals surface area contributed by atoms with Crippen LogP contribution in [0.15, 0.2) is 23.3 Å². The molecular weight excluding hydrogens is 322 g/mol. The highest BCUT2D eigenvalue weighted by Gasteiger charge is 2.64. The molecule has 7 nitrogen and oxygen atoms in total. The molecule has 0 aromatic heterocycles. The molecule has 3 rings (SSSR count). The number of amides is 1. The van der Waals surface area contributed by atoms with E-state index < -0.39 is 4.92 Å². The van der Waals surface area contributed by atoms with Crippen LogP contribution in [0.25, 0.3) is 0 Å². The zero-order valence-corrected chi connectivity index (χ0v) is 14.7. The molecule has 0 radical (unpaired) electrons. The lowest BCUT2D eigenvalue weighted by molar-refractivity contribution is -0.385. The summed E-state index contributed by atoms with van der Waals surface area (Å²) in [5.74, 6) is 0.660. The van der Waals surface area contributed by atoms with E-state index in [0.717, 1.165) is 12.8 Å². The van der Waals surface area contributed by atoms with Crippen molar-refractivity contribution in [1.82, 2.24) is 5.43 Å². The summed E-state index contributed by atoms with van der Waals surface area (Å²) >= 11 is 0. The first-order valence-corrected chi connectivity index (χ1v) is 8.55. The van der Waals surface area contributed by atoms with Crippen LogP contribution in [-0.2, 0) is 4.79 Å². The van der Waals surface area contributed by atoms with Crippen LogP contribution in [0.4, 0.5) is 5.69 Å². The lowest BCUT2D eigenvalue weighted by atomic mass is 9.90. The van der Waals surface area contributed by atoms with E-state index in [0.29, 0.717) is 17.2 Å². The molecule has 2 aliphatic rings. The van der Waals surface area contributed by atoms with E-state index >= 15 is 0 Å². The molecule has 0 heterocycles. The van der Waals surface area contributed by atoms with Crippen LogP contribution in [0, 0.1) is 27.4 Å². The molecule has 1 N–H and O–H groups in total. The van der Waals surface area contributed by atoms with Crippen LogP contribution in [0.1, 0.15) is 45.1 Å². The molecule has 0 bridgehead atoms. The molecule has 1 aromatic rings. The highest BCUT2D eigenvalue weighted by atomic mass is 16.6. The Bertz CT molecular complexity index is 746. The number of carbonyl (C=O) groups excluding carboxylic acids is 1. The van der Waals surface area contributed by atoms with Gasteiger partial charge in [-0.25, -0.2) is 5.43 Å². The number of hydrogen-bond donors (Lipinski definition) is 1. The fourth-order valence-electron chi connectivity index (χ4n) is 4.18. The third-order valence-electron chi connectivity index (χ3n) is 5.74. The molecule has 25 heavy (non-hydrogen) atoms. The lowest BCUT2D eigenvalue weighted by Crippen LogP contribution is -2.23. The molecule has 134 valence electrons. The van der Waals surface area contributed by atoms with Crippen molar-refractivity contribution in [2.45, 2.75) is 39.5 Å². The van der Waals surface area contributed by atoms with Crippen molar-refractivity contribution in [3.8, 4) is 5.75 Å². The summed E-state index contributed by atoms with van der Waals surface area (Å²) in [5, 5.41) is 15.3. The molecule has 2 saturated carbocycles. The maximum atomic E-state index is 12.4. The van der Waals surface area contributed by atoms with E-state index in [1.165, 1.54) is 32.1 Å². The maximum Gasteiger partial charge on any atom is 0.311 e. The van der Waals surface area contributed by atoms with Gasteiger partial charge in [-0.2, -0.15) is 5.10 Å². The molecule has 0 spiro atoms. The summed E-state index contributed by atoms with van der Waals surface area (Å²) in [4.78, 5) is 23.1. The monoisotopic (exact) mass is 345 g/mol. The van der Waals surface area contributed by atoms with Crippen molar-refractivity contribution < 1.29 is 14.5 Å². The standard InChI is InChI=1S/C18H23N3O4/c1-11(12-7-8-15(25-3)14(10-12)21(23)24)19-20-17(22)16-13-6-4-5-9-18(13,16)2/h7-8,10,13,16H,4-6,9H2,1-3H3,(H,20,22)/b19-11+. The maximum absolute atomic E-state index is 12.4. The number of rotatable bonds is 5. The SMILES string of the molecule is COc1ccc(/C(C)=N/NC(=O)C2C3CCCCC32C)cc1[N+](=O)[O-]. The summed E-state index contributed by atoms with van der Waals surface area (Å²) < 4.78 is 4.99. The van der Waals surface area contributed by atoms with Crippen LogP contribution in [0.5, 0.6) is 5.75 Å². The van der Waals surface area contributed by atoms with Gasteiger partial charge >= 0.3 is 5.69 Å². The van der Waals surface area contributed by atoms with Gasteiger partial charge in [-0.1, -0.05) is 19.8 Å². The van der Waals surface area contributed by atoms with E-state index in [1.54, 1.807) is 13.0 Å². The van der Waals surface area contributed by atoms with Crippen molar-refractivity contribution >= 4 is 17.3 Å². The van der Waals surface area contributed by atoms with Gasteiger partial charge in [0.25, 0.3) is 0 Å². The smallest absolute Gasteiger partial charge is 0.311 e. The zero-order chi connectivity index (χ0) is 18.2. The molecule has 7 heteroatoms. The topological polar surface area (TPSA) is 93.8 Å². The Morgan fingerprint density at radius 1 is 1.44 bits per heavy atom. The minimum absolute atomic E-state index is 0.0387. The average molecular weight is 345 g/mol. The number of hydrogen-bond acceptors (Lipinski definition) is 5. The van der Waals surface area contributed by atoms with Crippen LogP contribution in [0.3, 0.4) is 0 Å². The first-order chi connectivity index (χ1) is 11.9. The number of ether oxygens (including phenoxy) is 1. The van der Waals surface area contributed by atoms with Crippen LogP contribution in [0.2, 0.25) is 0 Å². The highest BCUT2D eigenvalue weighted by molar-refractivity contribution is 6.00. The number of methoxy groups -OCH3 is 1. The number of fused-ring (bicyclic) bond motifs is 1. The fourth-order valence-corrected chi connectivity index (χ4v) is 4.18. The number of benzene rings is 1. The van der Waals surface area contributed by atoms with Crippen molar-refractivity contribution in [2.75, 3.05) is 7.11 Å².